The van der Waals surface area contributed by atoms with Crippen LogP contribution in [0.4, 0.5) is 5.82 Å². The fourth-order valence-electron chi connectivity index (χ4n) is 6.88. The summed E-state index contributed by atoms with van der Waals surface area (Å²) in [4.78, 5) is 21.0. The van der Waals surface area contributed by atoms with Crippen molar-refractivity contribution in [2.75, 3.05) is 52.6 Å². The van der Waals surface area contributed by atoms with E-state index in [-0.39, 0.29) is 0 Å². The van der Waals surface area contributed by atoms with Crippen LogP contribution in [0.2, 0.25) is 0 Å². The Hall–Kier alpha value is -2.38. The Morgan fingerprint density at radius 3 is 1.77 bits per heavy atom. The maximum Gasteiger partial charge on any atom is 0.152 e. The molecule has 7 heteroatoms. The number of aromatic nitrogens is 3. The van der Waals surface area contributed by atoms with Crippen LogP contribution in [-0.4, -0.2) is 71.4 Å². The first-order valence-electron chi connectivity index (χ1n) is 20.1. The van der Waals surface area contributed by atoms with Gasteiger partial charge in [-0.25, -0.2) is 9.97 Å². The molecule has 0 unspecified atom stereocenters. The number of aryl methyl sites for hydroxylation is 1. The zero-order chi connectivity index (χ0) is 34.2. The van der Waals surface area contributed by atoms with E-state index in [9.17, 15) is 0 Å². The van der Waals surface area contributed by atoms with Gasteiger partial charge in [0, 0.05) is 11.8 Å². The third-order valence-electron chi connectivity index (χ3n) is 9.80. The van der Waals surface area contributed by atoms with Crippen LogP contribution >= 0.6 is 0 Å². The lowest BCUT2D eigenvalue weighted by Gasteiger charge is -2.23. The van der Waals surface area contributed by atoms with E-state index in [1.807, 2.05) is 22.9 Å². The van der Waals surface area contributed by atoms with Crippen molar-refractivity contribution in [2.24, 2.45) is 0 Å². The summed E-state index contributed by atoms with van der Waals surface area (Å²) in [5, 5.41) is 1.04. The van der Waals surface area contributed by atoms with Crippen LogP contribution in [0.5, 0.6) is 0 Å². The highest BCUT2D eigenvalue weighted by atomic mass is 16.7. The van der Waals surface area contributed by atoms with Crippen LogP contribution in [0.1, 0.15) is 155 Å². The van der Waals surface area contributed by atoms with Gasteiger partial charge in [-0.3, -0.25) is 0 Å². The maximum absolute atomic E-state index is 6.48. The summed E-state index contributed by atoms with van der Waals surface area (Å²) in [6.07, 6.45) is 29.2. The Morgan fingerprint density at radius 1 is 0.625 bits per heavy atom. The number of hydrogen-bond acceptors (Lipinski definition) is 6. The van der Waals surface area contributed by atoms with Gasteiger partial charge in [0.15, 0.2) is 5.82 Å². The van der Waals surface area contributed by atoms with E-state index in [0.29, 0.717) is 12.4 Å². The molecule has 2 aromatic heterocycles. The van der Waals surface area contributed by atoms with E-state index < -0.39 is 0 Å². The molecule has 0 aliphatic rings. The van der Waals surface area contributed by atoms with Crippen LogP contribution < -0.4 is 10.6 Å². The topological polar surface area (TPSA) is 72.4 Å². The van der Waals surface area contributed by atoms with E-state index in [2.05, 4.69) is 48.8 Å². The lowest BCUT2D eigenvalue weighted by atomic mass is 10.0. The van der Waals surface area contributed by atoms with E-state index >= 15 is 0 Å². The van der Waals surface area contributed by atoms with Crippen molar-refractivity contribution in [2.45, 2.75) is 155 Å². The van der Waals surface area contributed by atoms with E-state index in [0.717, 1.165) is 73.0 Å². The number of nitrogen functional groups attached to an aromatic ring is 1. The van der Waals surface area contributed by atoms with Crippen molar-refractivity contribution < 1.29 is 4.84 Å². The van der Waals surface area contributed by atoms with Crippen LogP contribution in [0.15, 0.2) is 24.3 Å². The molecule has 0 saturated carbocycles. The summed E-state index contributed by atoms with van der Waals surface area (Å²) in [7, 11) is 4.36. The van der Waals surface area contributed by atoms with Crippen LogP contribution in [0.25, 0.3) is 21.9 Å². The number of para-hydroxylation sites is 1. The molecule has 272 valence electrons. The van der Waals surface area contributed by atoms with Gasteiger partial charge in [0.05, 0.1) is 5.52 Å². The Morgan fingerprint density at radius 2 is 1.17 bits per heavy atom. The molecule has 0 fully saturated rings. The van der Waals surface area contributed by atoms with Crippen molar-refractivity contribution in [3.63, 3.8) is 0 Å². The van der Waals surface area contributed by atoms with Gasteiger partial charge in [-0.15, -0.1) is 0 Å². The van der Waals surface area contributed by atoms with Crippen molar-refractivity contribution in [1.82, 2.24) is 24.5 Å². The molecule has 2 heterocycles. The molecule has 0 atom stereocenters. The van der Waals surface area contributed by atoms with Crippen molar-refractivity contribution in [1.29, 1.82) is 0 Å². The molecule has 0 amide bonds. The fraction of sp³-hybridized carbons (Fsp3) is 0.756. The molecular formula is C41H72N6O. The number of benzene rings is 1. The second kappa shape index (κ2) is 24.7. The first-order chi connectivity index (χ1) is 23.5. The van der Waals surface area contributed by atoms with Crippen LogP contribution in [0.3, 0.4) is 0 Å². The van der Waals surface area contributed by atoms with Crippen molar-refractivity contribution >= 4 is 27.8 Å². The van der Waals surface area contributed by atoms with Gasteiger partial charge in [0.25, 0.3) is 0 Å². The fourth-order valence-corrected chi connectivity index (χ4v) is 6.88. The minimum absolute atomic E-state index is 0.478. The number of nitrogens with zero attached hydrogens (tertiary/aromatic N) is 5. The van der Waals surface area contributed by atoms with Gasteiger partial charge in [-0.2, -0.15) is 4.73 Å². The van der Waals surface area contributed by atoms with Crippen LogP contribution in [-0.2, 0) is 6.42 Å². The predicted octanol–water partition coefficient (Wildman–Crippen LogP) is 10.2. The highest BCUT2D eigenvalue weighted by Gasteiger charge is 2.18. The molecule has 0 bridgehead atoms. The molecule has 7 nitrogen and oxygen atoms in total. The molecule has 0 aliphatic carbocycles. The quantitative estimate of drug-likeness (QED) is 0.0715. The number of pyridine rings is 1. The van der Waals surface area contributed by atoms with Gasteiger partial charge >= 0.3 is 0 Å². The van der Waals surface area contributed by atoms with Gasteiger partial charge in [-0.05, 0) is 78.4 Å². The molecule has 0 aliphatic heterocycles. The zero-order valence-corrected chi connectivity index (χ0v) is 31.6. The van der Waals surface area contributed by atoms with Gasteiger partial charge < -0.3 is 20.4 Å². The second-order valence-electron chi connectivity index (χ2n) is 14.5. The number of anilines is 1. The first kappa shape index (κ1) is 40.1. The standard InChI is InChI=1S/C41H72N6O/c1-5-7-9-10-11-12-13-14-15-16-17-18-19-20-21-24-32-46(34-27-31-45(3)4)33-25-26-35-48-47-38(30-8-6-2)44-39-40(47)36-28-22-23-29-37(36)43-41(39)42/h22-23,28-29H,5-21,24-27,30-35H2,1-4H3,(H2,42,43). The Kier molecular flexibility index (Phi) is 20.6. The summed E-state index contributed by atoms with van der Waals surface area (Å²) in [5.74, 6) is 1.43. The van der Waals surface area contributed by atoms with Gasteiger partial charge in [0.2, 0.25) is 0 Å². The van der Waals surface area contributed by atoms with E-state index in [4.69, 9.17) is 15.6 Å². The average Bonchev–Trinajstić information content (AvgIpc) is 3.45. The summed E-state index contributed by atoms with van der Waals surface area (Å²) in [6.45, 7) is 9.88. The summed E-state index contributed by atoms with van der Waals surface area (Å²) < 4.78 is 1.97. The molecule has 2 N–H and O–H groups in total. The van der Waals surface area contributed by atoms with Gasteiger partial charge in [-0.1, -0.05) is 135 Å². The second-order valence-corrected chi connectivity index (χ2v) is 14.5. The van der Waals surface area contributed by atoms with E-state index in [1.165, 1.54) is 122 Å². The summed E-state index contributed by atoms with van der Waals surface area (Å²) in [6, 6.07) is 8.16. The lowest BCUT2D eigenvalue weighted by molar-refractivity contribution is 0.106. The number of hydrogen-bond donors (Lipinski definition) is 1. The Bertz CT molecular complexity index is 1240. The van der Waals surface area contributed by atoms with Crippen molar-refractivity contribution in [3.8, 4) is 0 Å². The SMILES string of the molecule is CCCCCCCCCCCCCCCCCCN(CCCCOn1c(CCCC)nc2c(N)nc3ccccc3c21)CCCN(C)C. The number of nitrogens with two attached hydrogens (primary N) is 1. The average molecular weight is 665 g/mol. The molecule has 3 rings (SSSR count). The molecule has 3 aromatic rings. The highest BCUT2D eigenvalue weighted by Crippen LogP contribution is 2.28. The maximum atomic E-state index is 6.48. The molecule has 0 spiro atoms. The highest BCUT2D eigenvalue weighted by molar-refractivity contribution is 6.06. The monoisotopic (exact) mass is 665 g/mol. The lowest BCUT2D eigenvalue weighted by Crippen LogP contribution is -2.30. The third-order valence-corrected chi connectivity index (χ3v) is 9.80. The Labute approximate surface area is 294 Å². The van der Waals surface area contributed by atoms with Crippen LogP contribution in [0, 0.1) is 0 Å². The first-order valence-corrected chi connectivity index (χ1v) is 20.1. The minimum Gasteiger partial charge on any atom is -0.412 e. The zero-order valence-electron chi connectivity index (χ0n) is 31.6. The molecule has 0 radical (unpaired) electrons. The van der Waals surface area contributed by atoms with Crippen molar-refractivity contribution in [3.05, 3.63) is 30.1 Å². The summed E-state index contributed by atoms with van der Waals surface area (Å²) in [5.41, 5.74) is 8.97. The number of unbranched alkanes of at least 4 members (excludes halogenated alkanes) is 17. The predicted molar refractivity (Wildman–Crippen MR) is 208 cm³/mol. The van der Waals surface area contributed by atoms with Gasteiger partial charge in [0.1, 0.15) is 23.5 Å². The molecule has 0 saturated heterocycles. The number of rotatable bonds is 30. The molecular weight excluding hydrogens is 592 g/mol. The number of fused-ring (bicyclic) bond motifs is 3. The Balaban J connectivity index is 1.35. The third kappa shape index (κ3) is 15.0. The largest absolute Gasteiger partial charge is 0.412 e. The molecule has 1 aromatic carbocycles. The van der Waals surface area contributed by atoms with E-state index in [1.54, 1.807) is 0 Å². The minimum atomic E-state index is 0.478. The summed E-state index contributed by atoms with van der Waals surface area (Å²) >= 11 is 0. The normalized spacial score (nSPS) is 12.0. The number of imidazole rings is 1. The smallest absolute Gasteiger partial charge is 0.152 e. The molecule has 48 heavy (non-hydrogen) atoms.